The average molecular weight is 329 g/mol. The molecule has 0 aliphatic heterocycles. The Kier molecular flexibility index (Phi) is 3.75. The van der Waals surface area contributed by atoms with Crippen molar-refractivity contribution < 1.29 is 18.0 Å². The normalized spacial score (nSPS) is 11.4. The molecule has 0 spiro atoms. The number of halogens is 4. The first-order chi connectivity index (χ1) is 8.93. The second kappa shape index (κ2) is 5.17. The number of alkyl halides is 3. The molecule has 2 rings (SSSR count). The summed E-state index contributed by atoms with van der Waals surface area (Å²) in [6, 6.07) is 9.88. The lowest BCUT2D eigenvalue weighted by molar-refractivity contribution is -0.137. The third-order valence-corrected chi connectivity index (χ3v) is 3.54. The van der Waals surface area contributed by atoms with Crippen LogP contribution in [0.1, 0.15) is 15.9 Å². The molecule has 0 aliphatic rings. The maximum absolute atomic E-state index is 12.7. The van der Waals surface area contributed by atoms with Gasteiger partial charge in [0.15, 0.2) is 6.29 Å². The predicted octanol–water partition coefficient (Wildman–Crippen LogP) is 4.95. The van der Waals surface area contributed by atoms with Crippen LogP contribution in [0.4, 0.5) is 13.2 Å². The van der Waals surface area contributed by atoms with Crippen molar-refractivity contribution in [2.45, 2.75) is 6.18 Å². The van der Waals surface area contributed by atoms with Crippen molar-refractivity contribution in [3.8, 4) is 11.1 Å². The minimum Gasteiger partial charge on any atom is -0.298 e. The van der Waals surface area contributed by atoms with Gasteiger partial charge in [0.05, 0.1) is 5.56 Å². The number of carbonyl (C=O) groups excluding carboxylic acids is 1. The SMILES string of the molecule is O=Cc1cccc(-c2cccc(C(F)(F)F)c2)c1Br. The van der Waals surface area contributed by atoms with Gasteiger partial charge in [0.1, 0.15) is 0 Å². The van der Waals surface area contributed by atoms with E-state index in [0.717, 1.165) is 12.1 Å². The highest BCUT2D eigenvalue weighted by molar-refractivity contribution is 9.10. The van der Waals surface area contributed by atoms with E-state index in [1.54, 1.807) is 24.3 Å². The molecule has 0 saturated carbocycles. The molecule has 0 aromatic heterocycles. The lowest BCUT2D eigenvalue weighted by Crippen LogP contribution is -2.04. The fourth-order valence-corrected chi connectivity index (χ4v) is 2.31. The standard InChI is InChI=1S/C14H8BrF3O/c15-13-10(8-19)4-2-6-12(13)9-3-1-5-11(7-9)14(16,17)18/h1-8H. The number of aldehydes is 1. The molecule has 0 unspecified atom stereocenters. The average Bonchev–Trinajstić information content (AvgIpc) is 2.38. The number of benzene rings is 2. The van der Waals surface area contributed by atoms with Gasteiger partial charge in [0.2, 0.25) is 0 Å². The van der Waals surface area contributed by atoms with Crippen LogP contribution < -0.4 is 0 Å². The lowest BCUT2D eigenvalue weighted by atomic mass is 10.0. The summed E-state index contributed by atoms with van der Waals surface area (Å²) in [5.41, 5.74) is 0.643. The van der Waals surface area contributed by atoms with E-state index in [4.69, 9.17) is 0 Å². The number of hydrogen-bond acceptors (Lipinski definition) is 1. The molecule has 98 valence electrons. The van der Waals surface area contributed by atoms with Crippen LogP contribution in [0.3, 0.4) is 0 Å². The van der Waals surface area contributed by atoms with Crippen molar-refractivity contribution in [2.24, 2.45) is 0 Å². The topological polar surface area (TPSA) is 17.1 Å². The Morgan fingerprint density at radius 2 is 1.74 bits per heavy atom. The number of carbonyl (C=O) groups is 1. The van der Waals surface area contributed by atoms with Crippen molar-refractivity contribution in [2.75, 3.05) is 0 Å². The van der Waals surface area contributed by atoms with Crippen LogP contribution in [0, 0.1) is 0 Å². The van der Waals surface area contributed by atoms with Gasteiger partial charge < -0.3 is 0 Å². The Morgan fingerprint density at radius 1 is 1.05 bits per heavy atom. The van der Waals surface area contributed by atoms with Crippen molar-refractivity contribution in [3.63, 3.8) is 0 Å². The van der Waals surface area contributed by atoms with Crippen LogP contribution in [0.5, 0.6) is 0 Å². The fourth-order valence-electron chi connectivity index (χ4n) is 1.73. The summed E-state index contributed by atoms with van der Waals surface area (Å²) >= 11 is 3.24. The van der Waals surface area contributed by atoms with Gasteiger partial charge in [-0.2, -0.15) is 13.2 Å². The maximum atomic E-state index is 12.7. The van der Waals surface area contributed by atoms with E-state index in [1.807, 2.05) is 0 Å². The summed E-state index contributed by atoms with van der Waals surface area (Å²) < 4.78 is 38.5. The lowest BCUT2D eigenvalue weighted by Gasteiger charge is -2.10. The number of rotatable bonds is 2. The fraction of sp³-hybridized carbons (Fsp3) is 0.0714. The maximum Gasteiger partial charge on any atom is 0.416 e. The minimum absolute atomic E-state index is 0.398. The summed E-state index contributed by atoms with van der Waals surface area (Å²) in [6.45, 7) is 0. The van der Waals surface area contributed by atoms with Crippen molar-refractivity contribution in [3.05, 3.63) is 58.1 Å². The van der Waals surface area contributed by atoms with E-state index in [9.17, 15) is 18.0 Å². The smallest absolute Gasteiger partial charge is 0.298 e. The largest absolute Gasteiger partial charge is 0.416 e. The molecule has 1 nitrogen and oxygen atoms in total. The Hall–Kier alpha value is -1.62. The van der Waals surface area contributed by atoms with Gasteiger partial charge in [-0.1, -0.05) is 30.3 Å². The molecule has 5 heteroatoms. The highest BCUT2D eigenvalue weighted by Gasteiger charge is 2.30. The Morgan fingerprint density at radius 3 is 2.37 bits per heavy atom. The monoisotopic (exact) mass is 328 g/mol. The van der Waals surface area contributed by atoms with E-state index >= 15 is 0 Å². The third kappa shape index (κ3) is 2.87. The molecule has 0 aliphatic carbocycles. The zero-order chi connectivity index (χ0) is 14.0. The van der Waals surface area contributed by atoms with Crippen molar-refractivity contribution in [1.29, 1.82) is 0 Å². The first kappa shape index (κ1) is 13.8. The summed E-state index contributed by atoms with van der Waals surface area (Å²) in [5.74, 6) is 0. The Balaban J connectivity index is 2.57. The zero-order valence-corrected chi connectivity index (χ0v) is 11.1. The van der Waals surface area contributed by atoms with Gasteiger partial charge in [0, 0.05) is 10.0 Å². The number of hydrogen-bond donors (Lipinski definition) is 0. The summed E-state index contributed by atoms with van der Waals surface area (Å²) in [7, 11) is 0. The molecule has 0 bridgehead atoms. The van der Waals surface area contributed by atoms with Crippen LogP contribution in [-0.2, 0) is 6.18 Å². The van der Waals surface area contributed by atoms with Gasteiger partial charge >= 0.3 is 6.18 Å². The summed E-state index contributed by atoms with van der Waals surface area (Å²) in [4.78, 5) is 10.8. The highest BCUT2D eigenvalue weighted by atomic mass is 79.9. The van der Waals surface area contributed by atoms with E-state index in [-0.39, 0.29) is 0 Å². The van der Waals surface area contributed by atoms with Gasteiger partial charge in [-0.15, -0.1) is 0 Å². The molecule has 0 heterocycles. The molecule has 0 radical (unpaired) electrons. The first-order valence-corrected chi connectivity index (χ1v) is 6.14. The van der Waals surface area contributed by atoms with E-state index in [2.05, 4.69) is 15.9 Å². The van der Waals surface area contributed by atoms with Gasteiger partial charge in [-0.3, -0.25) is 4.79 Å². The molecular weight excluding hydrogens is 321 g/mol. The van der Waals surface area contributed by atoms with Crippen LogP contribution in [0.15, 0.2) is 46.9 Å². The highest BCUT2D eigenvalue weighted by Crippen LogP contribution is 2.35. The van der Waals surface area contributed by atoms with E-state index < -0.39 is 11.7 Å². The molecule has 0 atom stereocenters. The molecule has 0 N–H and O–H groups in total. The van der Waals surface area contributed by atoms with Crippen LogP contribution in [0.2, 0.25) is 0 Å². The van der Waals surface area contributed by atoms with Gasteiger partial charge in [-0.05, 0) is 39.2 Å². The minimum atomic E-state index is -4.38. The molecule has 2 aromatic carbocycles. The molecule has 0 saturated heterocycles. The quantitative estimate of drug-likeness (QED) is 0.713. The molecule has 2 aromatic rings. The second-order valence-corrected chi connectivity index (χ2v) is 4.70. The van der Waals surface area contributed by atoms with Crippen molar-refractivity contribution in [1.82, 2.24) is 0 Å². The van der Waals surface area contributed by atoms with Crippen LogP contribution in [-0.4, -0.2) is 6.29 Å². The van der Waals surface area contributed by atoms with Crippen LogP contribution in [0.25, 0.3) is 11.1 Å². The van der Waals surface area contributed by atoms with E-state index in [0.29, 0.717) is 27.4 Å². The summed E-state index contributed by atoms with van der Waals surface area (Å²) in [6.07, 6.45) is -3.73. The zero-order valence-electron chi connectivity index (χ0n) is 9.54. The predicted molar refractivity (Wildman–Crippen MR) is 70.0 cm³/mol. The molecule has 19 heavy (non-hydrogen) atoms. The molecule has 0 amide bonds. The first-order valence-electron chi connectivity index (χ1n) is 5.35. The second-order valence-electron chi connectivity index (χ2n) is 3.91. The molecule has 0 fully saturated rings. The van der Waals surface area contributed by atoms with E-state index in [1.165, 1.54) is 6.07 Å². The van der Waals surface area contributed by atoms with Gasteiger partial charge in [-0.25, -0.2) is 0 Å². The van der Waals surface area contributed by atoms with Crippen LogP contribution >= 0.6 is 15.9 Å². The van der Waals surface area contributed by atoms with Gasteiger partial charge in [0.25, 0.3) is 0 Å². The van der Waals surface area contributed by atoms with Crippen molar-refractivity contribution >= 4 is 22.2 Å². The third-order valence-electron chi connectivity index (χ3n) is 2.66. The molecular formula is C14H8BrF3O. The Labute approximate surface area is 116 Å². The Bertz CT molecular complexity index is 620. The summed E-state index contributed by atoms with van der Waals surface area (Å²) in [5, 5.41) is 0.